The van der Waals surface area contributed by atoms with Crippen molar-refractivity contribution in [2.24, 2.45) is 5.41 Å². The maximum absolute atomic E-state index is 2.57. The van der Waals surface area contributed by atoms with Gasteiger partial charge < -0.3 is 9.80 Å². The second-order valence-corrected chi connectivity index (χ2v) is 6.63. The van der Waals surface area contributed by atoms with Gasteiger partial charge in [0, 0.05) is 18.8 Å². The van der Waals surface area contributed by atoms with Crippen LogP contribution in [0.4, 0.5) is 5.69 Å². The van der Waals surface area contributed by atoms with Crippen LogP contribution in [0, 0.1) is 12.3 Å². The topological polar surface area (TPSA) is 6.48 Å². The van der Waals surface area contributed by atoms with E-state index in [1.54, 1.807) is 0 Å². The molecule has 2 heterocycles. The van der Waals surface area contributed by atoms with E-state index in [-0.39, 0.29) is 0 Å². The average Bonchev–Trinajstić information content (AvgIpc) is 2.44. The summed E-state index contributed by atoms with van der Waals surface area (Å²) in [6, 6.07) is 9.02. The number of anilines is 1. The largest absolute Gasteiger partial charge is 0.371 e. The lowest BCUT2D eigenvalue weighted by molar-refractivity contribution is 0.0945. The van der Waals surface area contributed by atoms with E-state index < -0.39 is 0 Å². The molecular weight excluding hydrogens is 232 g/mol. The zero-order valence-corrected chi connectivity index (χ0v) is 12.4. The molecule has 0 unspecified atom stereocenters. The summed E-state index contributed by atoms with van der Waals surface area (Å²) in [4.78, 5) is 5.06. The molecule has 0 bridgehead atoms. The van der Waals surface area contributed by atoms with Crippen molar-refractivity contribution in [3.8, 4) is 0 Å². The average molecular weight is 258 g/mol. The molecule has 2 saturated heterocycles. The van der Waals surface area contributed by atoms with Crippen LogP contribution in [0.1, 0.15) is 31.2 Å². The highest BCUT2D eigenvalue weighted by molar-refractivity contribution is 5.47. The van der Waals surface area contributed by atoms with Crippen LogP contribution >= 0.6 is 0 Å². The highest BCUT2D eigenvalue weighted by Gasteiger charge is 2.36. The Labute approximate surface area is 117 Å². The summed E-state index contributed by atoms with van der Waals surface area (Å²) in [6.07, 6.45) is 5.58. The number of hydrogen-bond acceptors (Lipinski definition) is 2. The minimum Gasteiger partial charge on any atom is -0.371 e. The van der Waals surface area contributed by atoms with E-state index in [2.05, 4.69) is 48.0 Å². The van der Waals surface area contributed by atoms with Crippen molar-refractivity contribution in [2.75, 3.05) is 38.1 Å². The first kappa shape index (κ1) is 13.0. The van der Waals surface area contributed by atoms with E-state index in [1.807, 2.05) is 0 Å². The molecule has 1 aromatic rings. The maximum atomic E-state index is 2.57. The fraction of sp³-hybridized carbons (Fsp3) is 0.647. The lowest BCUT2D eigenvalue weighted by Gasteiger charge is -2.46. The first-order valence-corrected chi connectivity index (χ1v) is 7.67. The van der Waals surface area contributed by atoms with Gasteiger partial charge in [0.15, 0.2) is 0 Å². The number of benzene rings is 1. The van der Waals surface area contributed by atoms with Gasteiger partial charge in [-0.15, -0.1) is 0 Å². The summed E-state index contributed by atoms with van der Waals surface area (Å²) in [5.41, 5.74) is 3.43. The molecular formula is C17H26N2. The van der Waals surface area contributed by atoms with Crippen LogP contribution in [-0.2, 0) is 0 Å². The summed E-state index contributed by atoms with van der Waals surface area (Å²) in [5, 5.41) is 0. The molecule has 0 radical (unpaired) electrons. The standard InChI is InChI=1S/C17H26N2/c1-15-3-5-16(6-4-15)19-13-9-17(10-14-19)7-11-18(2)12-8-17/h3-6H,7-14H2,1-2H3. The third-order valence-electron chi connectivity index (χ3n) is 5.27. The van der Waals surface area contributed by atoms with E-state index >= 15 is 0 Å². The Morgan fingerprint density at radius 3 is 1.95 bits per heavy atom. The van der Waals surface area contributed by atoms with Crippen molar-refractivity contribution in [1.82, 2.24) is 4.90 Å². The van der Waals surface area contributed by atoms with Crippen LogP contribution in [-0.4, -0.2) is 38.1 Å². The molecule has 2 heteroatoms. The van der Waals surface area contributed by atoms with Crippen LogP contribution in [0.3, 0.4) is 0 Å². The van der Waals surface area contributed by atoms with Gasteiger partial charge in [-0.05, 0) is 70.3 Å². The minimum atomic E-state index is 0.660. The lowest BCUT2D eigenvalue weighted by Crippen LogP contribution is -2.46. The zero-order chi connectivity index (χ0) is 13.3. The number of likely N-dealkylation sites (tertiary alicyclic amines) is 1. The molecule has 3 rings (SSSR count). The molecule has 0 amide bonds. The van der Waals surface area contributed by atoms with Crippen molar-refractivity contribution >= 4 is 5.69 Å². The van der Waals surface area contributed by atoms with Crippen molar-refractivity contribution in [1.29, 1.82) is 0 Å². The quantitative estimate of drug-likeness (QED) is 0.762. The number of piperidine rings is 2. The van der Waals surface area contributed by atoms with Crippen LogP contribution in [0.15, 0.2) is 24.3 Å². The van der Waals surface area contributed by atoms with Crippen LogP contribution in [0.5, 0.6) is 0 Å². The monoisotopic (exact) mass is 258 g/mol. The molecule has 2 aliphatic rings. The highest BCUT2D eigenvalue weighted by Crippen LogP contribution is 2.41. The van der Waals surface area contributed by atoms with Crippen LogP contribution in [0.25, 0.3) is 0 Å². The molecule has 0 atom stereocenters. The SMILES string of the molecule is Cc1ccc(N2CCC3(CCN(C)CC3)CC2)cc1. The molecule has 1 aromatic carbocycles. The fourth-order valence-corrected chi connectivity index (χ4v) is 3.59. The van der Waals surface area contributed by atoms with E-state index in [1.165, 1.54) is 63.1 Å². The van der Waals surface area contributed by atoms with Crippen LogP contribution in [0.2, 0.25) is 0 Å². The molecule has 0 saturated carbocycles. The van der Waals surface area contributed by atoms with Crippen molar-refractivity contribution < 1.29 is 0 Å². The van der Waals surface area contributed by atoms with E-state index in [0.29, 0.717) is 5.41 Å². The van der Waals surface area contributed by atoms with Gasteiger partial charge in [-0.25, -0.2) is 0 Å². The molecule has 0 aromatic heterocycles. The number of aryl methyl sites for hydroxylation is 1. The number of nitrogens with zero attached hydrogens (tertiary/aromatic N) is 2. The third kappa shape index (κ3) is 2.79. The summed E-state index contributed by atoms with van der Waals surface area (Å²) < 4.78 is 0. The first-order chi connectivity index (χ1) is 9.17. The normalized spacial score (nSPS) is 23.8. The summed E-state index contributed by atoms with van der Waals surface area (Å²) in [5.74, 6) is 0. The molecule has 2 aliphatic heterocycles. The second-order valence-electron chi connectivity index (χ2n) is 6.63. The predicted octanol–water partition coefficient (Wildman–Crippen LogP) is 3.31. The van der Waals surface area contributed by atoms with Crippen molar-refractivity contribution in [2.45, 2.75) is 32.6 Å². The zero-order valence-electron chi connectivity index (χ0n) is 12.4. The van der Waals surface area contributed by atoms with Gasteiger partial charge in [-0.2, -0.15) is 0 Å². The van der Waals surface area contributed by atoms with Gasteiger partial charge in [0.1, 0.15) is 0 Å². The predicted molar refractivity (Wildman–Crippen MR) is 81.8 cm³/mol. The lowest BCUT2D eigenvalue weighted by atomic mass is 9.71. The van der Waals surface area contributed by atoms with Crippen LogP contribution < -0.4 is 4.90 Å². The van der Waals surface area contributed by atoms with Gasteiger partial charge >= 0.3 is 0 Å². The molecule has 0 N–H and O–H groups in total. The van der Waals surface area contributed by atoms with E-state index in [4.69, 9.17) is 0 Å². The van der Waals surface area contributed by atoms with Gasteiger partial charge in [0.05, 0.1) is 0 Å². The maximum Gasteiger partial charge on any atom is 0.0366 e. The molecule has 1 spiro atoms. The second kappa shape index (κ2) is 5.16. The Morgan fingerprint density at radius 2 is 1.37 bits per heavy atom. The minimum absolute atomic E-state index is 0.660. The van der Waals surface area contributed by atoms with Crippen molar-refractivity contribution in [3.63, 3.8) is 0 Å². The molecule has 19 heavy (non-hydrogen) atoms. The Kier molecular flexibility index (Phi) is 3.53. The molecule has 0 aliphatic carbocycles. The van der Waals surface area contributed by atoms with Gasteiger partial charge in [-0.3, -0.25) is 0 Å². The summed E-state index contributed by atoms with van der Waals surface area (Å²) >= 11 is 0. The molecule has 2 fully saturated rings. The number of hydrogen-bond donors (Lipinski definition) is 0. The van der Waals surface area contributed by atoms with E-state index in [9.17, 15) is 0 Å². The van der Waals surface area contributed by atoms with Gasteiger partial charge in [0.2, 0.25) is 0 Å². The van der Waals surface area contributed by atoms with E-state index in [0.717, 1.165) is 0 Å². The first-order valence-electron chi connectivity index (χ1n) is 7.67. The fourth-order valence-electron chi connectivity index (χ4n) is 3.59. The summed E-state index contributed by atoms with van der Waals surface area (Å²) in [6.45, 7) is 7.24. The molecule has 2 nitrogen and oxygen atoms in total. The van der Waals surface area contributed by atoms with Gasteiger partial charge in [-0.1, -0.05) is 17.7 Å². The molecule has 104 valence electrons. The Morgan fingerprint density at radius 1 is 0.842 bits per heavy atom. The smallest absolute Gasteiger partial charge is 0.0366 e. The third-order valence-corrected chi connectivity index (χ3v) is 5.27. The Balaban J connectivity index is 1.61. The van der Waals surface area contributed by atoms with Gasteiger partial charge in [0.25, 0.3) is 0 Å². The Hall–Kier alpha value is -1.02. The summed E-state index contributed by atoms with van der Waals surface area (Å²) in [7, 11) is 2.26. The number of rotatable bonds is 1. The van der Waals surface area contributed by atoms with Crippen molar-refractivity contribution in [3.05, 3.63) is 29.8 Å². The Bertz CT molecular complexity index is 405. The highest BCUT2D eigenvalue weighted by atomic mass is 15.1.